The zero-order valence-corrected chi connectivity index (χ0v) is 16.3. The van der Waals surface area contributed by atoms with Gasteiger partial charge in [0.2, 0.25) is 5.88 Å². The first kappa shape index (κ1) is 18.2. The van der Waals surface area contributed by atoms with Gasteiger partial charge < -0.3 is 14.6 Å². The van der Waals surface area contributed by atoms with E-state index in [1.165, 1.54) is 0 Å². The standard InChI is InChI=1S/C21H23N5O2/c1-25(2)9-4-10-28-19-8-6-15(12-23-19)14-5-7-17-16(11-14)20-18(13-22-17)26(3)21(27)24-20/h5-8,11-13H,4,9-10H2,1-3H3,(H,24,27). The van der Waals surface area contributed by atoms with Crippen molar-refractivity contribution in [3.05, 3.63) is 53.2 Å². The van der Waals surface area contributed by atoms with Gasteiger partial charge in [-0.05, 0) is 44.3 Å². The smallest absolute Gasteiger partial charge is 0.326 e. The van der Waals surface area contributed by atoms with Gasteiger partial charge >= 0.3 is 5.69 Å². The van der Waals surface area contributed by atoms with Crippen molar-refractivity contribution in [2.75, 3.05) is 27.2 Å². The molecule has 1 N–H and O–H groups in total. The maximum Gasteiger partial charge on any atom is 0.326 e. The summed E-state index contributed by atoms with van der Waals surface area (Å²) in [6, 6.07) is 9.89. The Bertz CT molecular complexity index is 1180. The zero-order chi connectivity index (χ0) is 19.7. The van der Waals surface area contributed by atoms with Crippen LogP contribution in [0.4, 0.5) is 0 Å². The second-order valence-electron chi connectivity index (χ2n) is 7.13. The van der Waals surface area contributed by atoms with Gasteiger partial charge in [0, 0.05) is 36.8 Å². The number of hydrogen-bond donors (Lipinski definition) is 1. The molecule has 1 aromatic carbocycles. The summed E-state index contributed by atoms with van der Waals surface area (Å²) in [6.45, 7) is 1.63. The van der Waals surface area contributed by atoms with Crippen LogP contribution in [0, 0.1) is 0 Å². The maximum atomic E-state index is 12.0. The van der Waals surface area contributed by atoms with E-state index < -0.39 is 0 Å². The Morgan fingerprint density at radius 2 is 1.93 bits per heavy atom. The Balaban J connectivity index is 1.61. The van der Waals surface area contributed by atoms with Crippen LogP contribution in [0.5, 0.6) is 5.88 Å². The number of benzene rings is 1. The number of nitrogens with zero attached hydrogens (tertiary/aromatic N) is 4. The second-order valence-corrected chi connectivity index (χ2v) is 7.13. The van der Waals surface area contributed by atoms with Crippen LogP contribution in [0.3, 0.4) is 0 Å². The highest BCUT2D eigenvalue weighted by Gasteiger charge is 2.10. The SMILES string of the molecule is CN(C)CCCOc1ccc(-c2ccc3ncc4c([nH]c(=O)n4C)c3c2)cn1. The molecule has 0 saturated carbocycles. The Labute approximate surface area is 162 Å². The number of aromatic nitrogens is 4. The van der Waals surface area contributed by atoms with E-state index in [2.05, 4.69) is 19.9 Å². The molecule has 0 fully saturated rings. The summed E-state index contributed by atoms with van der Waals surface area (Å²) in [4.78, 5) is 25.9. The average molecular weight is 377 g/mol. The molecule has 7 nitrogen and oxygen atoms in total. The van der Waals surface area contributed by atoms with E-state index >= 15 is 0 Å². The lowest BCUT2D eigenvalue weighted by atomic mass is 10.0. The minimum Gasteiger partial charge on any atom is -0.478 e. The number of nitrogens with one attached hydrogen (secondary N) is 1. The highest BCUT2D eigenvalue weighted by atomic mass is 16.5. The molecule has 28 heavy (non-hydrogen) atoms. The molecular formula is C21H23N5O2. The van der Waals surface area contributed by atoms with E-state index in [9.17, 15) is 4.79 Å². The molecule has 144 valence electrons. The van der Waals surface area contributed by atoms with Gasteiger partial charge in [0.05, 0.1) is 29.4 Å². The average Bonchev–Trinajstić information content (AvgIpc) is 3.00. The van der Waals surface area contributed by atoms with Gasteiger partial charge in [0.15, 0.2) is 0 Å². The van der Waals surface area contributed by atoms with E-state index in [1.54, 1.807) is 17.8 Å². The molecule has 0 aliphatic rings. The maximum absolute atomic E-state index is 12.0. The predicted octanol–water partition coefficient (Wildman–Crippen LogP) is 2.81. The molecule has 4 rings (SSSR count). The normalized spacial score (nSPS) is 11.6. The van der Waals surface area contributed by atoms with Crippen molar-refractivity contribution in [2.45, 2.75) is 6.42 Å². The van der Waals surface area contributed by atoms with Gasteiger partial charge in [0.1, 0.15) is 0 Å². The van der Waals surface area contributed by atoms with Gasteiger partial charge in [-0.2, -0.15) is 0 Å². The molecule has 0 aliphatic heterocycles. The van der Waals surface area contributed by atoms with Crippen LogP contribution in [-0.2, 0) is 7.05 Å². The van der Waals surface area contributed by atoms with E-state index in [0.29, 0.717) is 12.5 Å². The molecule has 0 amide bonds. The third kappa shape index (κ3) is 3.48. The van der Waals surface area contributed by atoms with Crippen molar-refractivity contribution in [2.24, 2.45) is 7.05 Å². The van der Waals surface area contributed by atoms with Crippen LogP contribution >= 0.6 is 0 Å². The fourth-order valence-corrected chi connectivity index (χ4v) is 3.24. The van der Waals surface area contributed by atoms with Crippen LogP contribution in [0.15, 0.2) is 47.5 Å². The lowest BCUT2D eigenvalue weighted by Gasteiger charge is -2.10. The van der Waals surface area contributed by atoms with Crippen molar-refractivity contribution >= 4 is 21.9 Å². The zero-order valence-electron chi connectivity index (χ0n) is 16.3. The van der Waals surface area contributed by atoms with Crippen LogP contribution < -0.4 is 10.4 Å². The Morgan fingerprint density at radius 1 is 1.11 bits per heavy atom. The molecule has 3 heterocycles. The van der Waals surface area contributed by atoms with Gasteiger partial charge in [-0.3, -0.25) is 9.55 Å². The first-order chi connectivity index (χ1) is 13.5. The lowest BCUT2D eigenvalue weighted by Crippen LogP contribution is -2.15. The minimum atomic E-state index is -0.146. The van der Waals surface area contributed by atoms with E-state index in [4.69, 9.17) is 4.74 Å². The molecule has 0 bridgehead atoms. The molecule has 0 spiro atoms. The number of pyridine rings is 2. The van der Waals surface area contributed by atoms with Crippen LogP contribution in [0.2, 0.25) is 0 Å². The number of rotatable bonds is 6. The van der Waals surface area contributed by atoms with Crippen molar-refractivity contribution < 1.29 is 4.74 Å². The summed E-state index contributed by atoms with van der Waals surface area (Å²) in [5, 5.41) is 0.914. The van der Waals surface area contributed by atoms with Gasteiger partial charge in [-0.25, -0.2) is 9.78 Å². The van der Waals surface area contributed by atoms with Gasteiger partial charge in [0.25, 0.3) is 0 Å². The fourth-order valence-electron chi connectivity index (χ4n) is 3.24. The largest absolute Gasteiger partial charge is 0.478 e. The van der Waals surface area contributed by atoms with Crippen molar-refractivity contribution in [1.82, 2.24) is 24.4 Å². The monoisotopic (exact) mass is 377 g/mol. The number of aromatic amines is 1. The summed E-state index contributed by atoms with van der Waals surface area (Å²) in [6.07, 6.45) is 4.49. The summed E-state index contributed by atoms with van der Waals surface area (Å²) < 4.78 is 7.27. The molecule has 7 heteroatoms. The summed E-state index contributed by atoms with van der Waals surface area (Å²) >= 11 is 0. The van der Waals surface area contributed by atoms with Crippen molar-refractivity contribution in [1.29, 1.82) is 0 Å². The summed E-state index contributed by atoms with van der Waals surface area (Å²) in [7, 11) is 5.83. The number of imidazole rings is 1. The summed E-state index contributed by atoms with van der Waals surface area (Å²) in [5.41, 5.74) is 4.28. The minimum absolute atomic E-state index is 0.146. The predicted molar refractivity (Wildman–Crippen MR) is 111 cm³/mol. The number of aryl methyl sites for hydroxylation is 1. The van der Waals surface area contributed by atoms with E-state index in [1.807, 2.05) is 50.6 Å². The molecular weight excluding hydrogens is 354 g/mol. The quantitative estimate of drug-likeness (QED) is 0.523. The molecule has 0 radical (unpaired) electrons. The highest BCUT2D eigenvalue weighted by Crippen LogP contribution is 2.27. The Kier molecular flexibility index (Phi) is 4.83. The number of H-pyrrole nitrogens is 1. The summed E-state index contributed by atoms with van der Waals surface area (Å²) in [5.74, 6) is 0.625. The second kappa shape index (κ2) is 7.44. The molecule has 4 aromatic rings. The third-order valence-corrected chi connectivity index (χ3v) is 4.82. The lowest BCUT2D eigenvalue weighted by molar-refractivity contribution is 0.273. The Hall–Kier alpha value is -3.19. The van der Waals surface area contributed by atoms with Crippen LogP contribution in [0.25, 0.3) is 33.1 Å². The number of ether oxygens (including phenoxy) is 1. The Morgan fingerprint density at radius 3 is 2.68 bits per heavy atom. The number of fused-ring (bicyclic) bond motifs is 3. The first-order valence-corrected chi connectivity index (χ1v) is 9.24. The topological polar surface area (TPSA) is 76.0 Å². The van der Waals surface area contributed by atoms with Crippen molar-refractivity contribution in [3.8, 4) is 17.0 Å². The molecule has 0 saturated heterocycles. The van der Waals surface area contributed by atoms with E-state index in [-0.39, 0.29) is 5.69 Å². The molecule has 0 unspecified atom stereocenters. The molecule has 0 aliphatic carbocycles. The highest BCUT2D eigenvalue weighted by molar-refractivity contribution is 6.03. The fraction of sp³-hybridized carbons (Fsp3) is 0.286. The van der Waals surface area contributed by atoms with Gasteiger partial charge in [-0.1, -0.05) is 6.07 Å². The van der Waals surface area contributed by atoms with E-state index in [0.717, 1.165) is 46.0 Å². The molecule has 3 aromatic heterocycles. The van der Waals surface area contributed by atoms with Gasteiger partial charge in [-0.15, -0.1) is 0 Å². The van der Waals surface area contributed by atoms with Crippen molar-refractivity contribution in [3.63, 3.8) is 0 Å². The third-order valence-electron chi connectivity index (χ3n) is 4.82. The molecule has 0 atom stereocenters. The number of hydrogen-bond acceptors (Lipinski definition) is 5. The van der Waals surface area contributed by atoms with Crippen LogP contribution in [0.1, 0.15) is 6.42 Å². The first-order valence-electron chi connectivity index (χ1n) is 9.24. The van der Waals surface area contributed by atoms with Crippen LogP contribution in [-0.4, -0.2) is 51.7 Å².